The van der Waals surface area contributed by atoms with Gasteiger partial charge >= 0.3 is 0 Å². The maximum atomic E-state index is 2.37. The number of hydrogen-bond donors (Lipinski definition) is 0. The molecular formula is C18H26. The molecule has 0 aromatic heterocycles. The van der Waals surface area contributed by atoms with Crippen molar-refractivity contribution in [2.24, 2.45) is 0 Å². The second-order valence-corrected chi connectivity index (χ2v) is 5.55. The molecule has 98 valence electrons. The van der Waals surface area contributed by atoms with Crippen molar-refractivity contribution in [2.75, 3.05) is 0 Å². The van der Waals surface area contributed by atoms with Crippen LogP contribution in [0.15, 0.2) is 29.8 Å². The van der Waals surface area contributed by atoms with Crippen LogP contribution in [0.25, 0.3) is 5.57 Å². The molecule has 1 atom stereocenters. The third-order valence-electron chi connectivity index (χ3n) is 4.29. The number of hydrogen-bond acceptors (Lipinski definition) is 0. The molecule has 1 aromatic rings. The number of rotatable bonds is 6. The van der Waals surface area contributed by atoms with Gasteiger partial charge in [0.15, 0.2) is 0 Å². The molecular weight excluding hydrogens is 216 g/mol. The minimum Gasteiger partial charge on any atom is -0.0654 e. The molecule has 1 aliphatic carbocycles. The van der Waals surface area contributed by atoms with Crippen molar-refractivity contribution < 1.29 is 0 Å². The number of fused-ring (bicyclic) bond motifs is 1. The van der Waals surface area contributed by atoms with Crippen LogP contribution in [-0.2, 0) is 0 Å². The van der Waals surface area contributed by atoms with Crippen molar-refractivity contribution in [1.82, 2.24) is 0 Å². The Morgan fingerprint density at radius 1 is 1.00 bits per heavy atom. The van der Waals surface area contributed by atoms with Crippen LogP contribution in [0.2, 0.25) is 0 Å². The van der Waals surface area contributed by atoms with E-state index in [0.29, 0.717) is 5.92 Å². The van der Waals surface area contributed by atoms with Crippen LogP contribution in [0.5, 0.6) is 0 Å². The highest BCUT2D eigenvalue weighted by Gasteiger charge is 2.26. The van der Waals surface area contributed by atoms with Gasteiger partial charge in [0.25, 0.3) is 0 Å². The highest BCUT2D eigenvalue weighted by Crippen LogP contribution is 2.45. The zero-order valence-electron chi connectivity index (χ0n) is 12.1. The average molecular weight is 242 g/mol. The van der Waals surface area contributed by atoms with Crippen LogP contribution in [0, 0.1) is 0 Å². The third-order valence-corrected chi connectivity index (χ3v) is 4.29. The van der Waals surface area contributed by atoms with Gasteiger partial charge in [0, 0.05) is 5.92 Å². The maximum absolute atomic E-state index is 2.37. The summed E-state index contributed by atoms with van der Waals surface area (Å²) >= 11 is 0. The number of benzene rings is 1. The lowest BCUT2D eigenvalue weighted by Gasteiger charge is -2.13. The molecule has 0 fully saturated rings. The van der Waals surface area contributed by atoms with Crippen LogP contribution in [0.3, 0.4) is 0 Å². The minimum atomic E-state index is 0.702. The molecule has 0 aliphatic heterocycles. The Kier molecular flexibility index (Phi) is 4.63. The summed E-state index contributed by atoms with van der Waals surface area (Å²) in [4.78, 5) is 0. The number of unbranched alkanes of at least 4 members (excludes halogenated alkanes) is 2. The van der Waals surface area contributed by atoms with E-state index in [1.165, 1.54) is 38.5 Å². The normalized spacial score (nSPS) is 18.3. The zero-order valence-corrected chi connectivity index (χ0v) is 12.1. The van der Waals surface area contributed by atoms with Crippen LogP contribution in [0.1, 0.15) is 76.3 Å². The SMILES string of the molecule is CCCCC1=C(C)C(CCCC)c2ccccc21. The number of allylic oxidation sites excluding steroid dienone is 2. The fourth-order valence-corrected chi connectivity index (χ4v) is 3.20. The summed E-state index contributed by atoms with van der Waals surface area (Å²) in [5.74, 6) is 0.702. The van der Waals surface area contributed by atoms with E-state index in [9.17, 15) is 0 Å². The van der Waals surface area contributed by atoms with E-state index in [4.69, 9.17) is 0 Å². The maximum Gasteiger partial charge on any atom is 0.00574 e. The lowest BCUT2D eigenvalue weighted by Crippen LogP contribution is -1.96. The molecule has 0 bridgehead atoms. The average Bonchev–Trinajstić information content (AvgIpc) is 2.66. The molecule has 0 spiro atoms. The van der Waals surface area contributed by atoms with Crippen molar-refractivity contribution in [1.29, 1.82) is 0 Å². The molecule has 0 radical (unpaired) electrons. The van der Waals surface area contributed by atoms with Crippen LogP contribution in [0.4, 0.5) is 0 Å². The topological polar surface area (TPSA) is 0 Å². The molecule has 1 aliphatic rings. The van der Waals surface area contributed by atoms with Crippen molar-refractivity contribution >= 4 is 5.57 Å². The summed E-state index contributed by atoms with van der Waals surface area (Å²) in [5, 5.41) is 0. The largest absolute Gasteiger partial charge is 0.0654 e. The van der Waals surface area contributed by atoms with Crippen LogP contribution >= 0.6 is 0 Å². The van der Waals surface area contributed by atoms with Crippen molar-refractivity contribution in [3.05, 3.63) is 41.0 Å². The van der Waals surface area contributed by atoms with E-state index in [1.807, 2.05) is 0 Å². The summed E-state index contributed by atoms with van der Waals surface area (Å²) < 4.78 is 0. The summed E-state index contributed by atoms with van der Waals surface area (Å²) in [6.45, 7) is 6.94. The summed E-state index contributed by atoms with van der Waals surface area (Å²) in [6.07, 6.45) is 7.85. The lowest BCUT2D eigenvalue weighted by molar-refractivity contribution is 0.648. The third kappa shape index (κ3) is 2.53. The van der Waals surface area contributed by atoms with Gasteiger partial charge in [0.1, 0.15) is 0 Å². The van der Waals surface area contributed by atoms with Crippen LogP contribution in [-0.4, -0.2) is 0 Å². The van der Waals surface area contributed by atoms with Gasteiger partial charge in [-0.05, 0) is 42.9 Å². The Hall–Kier alpha value is -1.04. The molecule has 18 heavy (non-hydrogen) atoms. The molecule has 0 N–H and O–H groups in total. The smallest absolute Gasteiger partial charge is 0.00574 e. The van der Waals surface area contributed by atoms with Gasteiger partial charge in [-0.2, -0.15) is 0 Å². The first-order chi connectivity index (χ1) is 8.79. The second kappa shape index (κ2) is 6.22. The predicted molar refractivity (Wildman–Crippen MR) is 80.8 cm³/mol. The first-order valence-electron chi connectivity index (χ1n) is 7.58. The predicted octanol–water partition coefficient (Wildman–Crippen LogP) is 5.94. The Labute approximate surface area is 112 Å². The van der Waals surface area contributed by atoms with Gasteiger partial charge in [0.2, 0.25) is 0 Å². The van der Waals surface area contributed by atoms with Gasteiger partial charge in [-0.25, -0.2) is 0 Å². The van der Waals surface area contributed by atoms with E-state index < -0.39 is 0 Å². The van der Waals surface area contributed by atoms with Gasteiger partial charge < -0.3 is 0 Å². The monoisotopic (exact) mass is 242 g/mol. The zero-order chi connectivity index (χ0) is 13.0. The molecule has 0 saturated carbocycles. The van der Waals surface area contributed by atoms with E-state index in [2.05, 4.69) is 45.0 Å². The standard InChI is InChI=1S/C18H26/c1-4-6-10-15-14(3)16(11-7-5-2)18-13-9-8-12-17(15)18/h8-9,12-13,15H,4-7,10-11H2,1-3H3. The molecule has 1 aromatic carbocycles. The molecule has 0 heterocycles. The van der Waals surface area contributed by atoms with Gasteiger partial charge in [-0.15, -0.1) is 0 Å². The van der Waals surface area contributed by atoms with Crippen LogP contribution < -0.4 is 0 Å². The molecule has 0 heteroatoms. The first-order valence-corrected chi connectivity index (χ1v) is 7.58. The molecule has 1 unspecified atom stereocenters. The van der Waals surface area contributed by atoms with E-state index in [0.717, 1.165) is 0 Å². The lowest BCUT2D eigenvalue weighted by atomic mass is 9.91. The molecule has 0 nitrogen and oxygen atoms in total. The summed E-state index contributed by atoms with van der Waals surface area (Å²) in [5.41, 5.74) is 6.44. The Morgan fingerprint density at radius 2 is 1.72 bits per heavy atom. The Morgan fingerprint density at radius 3 is 2.44 bits per heavy atom. The van der Waals surface area contributed by atoms with Crippen molar-refractivity contribution in [2.45, 2.75) is 65.2 Å². The first kappa shape index (κ1) is 13.4. The van der Waals surface area contributed by atoms with Gasteiger partial charge in [0.05, 0.1) is 0 Å². The van der Waals surface area contributed by atoms with E-state index in [1.54, 1.807) is 22.3 Å². The second-order valence-electron chi connectivity index (χ2n) is 5.55. The van der Waals surface area contributed by atoms with Gasteiger partial charge in [-0.1, -0.05) is 62.9 Å². The minimum absolute atomic E-state index is 0.702. The highest BCUT2D eigenvalue weighted by atomic mass is 14.3. The van der Waals surface area contributed by atoms with E-state index in [-0.39, 0.29) is 0 Å². The fourth-order valence-electron chi connectivity index (χ4n) is 3.20. The summed E-state index contributed by atoms with van der Waals surface area (Å²) in [7, 11) is 0. The molecule has 2 rings (SSSR count). The summed E-state index contributed by atoms with van der Waals surface area (Å²) in [6, 6.07) is 9.07. The fraction of sp³-hybridized carbons (Fsp3) is 0.556. The van der Waals surface area contributed by atoms with Crippen molar-refractivity contribution in [3.63, 3.8) is 0 Å². The van der Waals surface area contributed by atoms with Gasteiger partial charge in [-0.3, -0.25) is 0 Å². The quantitative estimate of drug-likeness (QED) is 0.579. The Bertz CT molecular complexity index is 425. The molecule has 0 saturated heterocycles. The van der Waals surface area contributed by atoms with E-state index >= 15 is 0 Å². The molecule has 0 amide bonds. The Balaban J connectivity index is 2.28. The van der Waals surface area contributed by atoms with Crippen molar-refractivity contribution in [3.8, 4) is 0 Å². The highest BCUT2D eigenvalue weighted by molar-refractivity contribution is 5.77.